The van der Waals surface area contributed by atoms with Gasteiger partial charge in [-0.15, -0.1) is 0 Å². The minimum Gasteiger partial charge on any atom is -0.495 e. The molecule has 0 aliphatic carbocycles. The minimum absolute atomic E-state index is 0.00623. The first-order chi connectivity index (χ1) is 14.1. The van der Waals surface area contributed by atoms with Gasteiger partial charge in [0.15, 0.2) is 27.3 Å². The van der Waals surface area contributed by atoms with Crippen LogP contribution in [-0.2, 0) is 29.1 Å². The van der Waals surface area contributed by atoms with E-state index >= 15 is 0 Å². The quantitative estimate of drug-likeness (QED) is 0.255. The number of hydroxylamine groups is 2. The summed E-state index contributed by atoms with van der Waals surface area (Å²) in [5, 5.41) is 4.37. The number of ketones is 2. The van der Waals surface area contributed by atoms with E-state index in [4.69, 9.17) is 14.4 Å². The summed E-state index contributed by atoms with van der Waals surface area (Å²) in [6.45, 7) is 3.46. The third kappa shape index (κ3) is 4.41. The molecule has 0 saturated carbocycles. The number of rotatable bonds is 8. The number of oxime groups is 1. The number of hydrogen-bond donors (Lipinski definition) is 0. The zero-order valence-electron chi connectivity index (χ0n) is 17.2. The number of nitrogens with zero attached hydrogens (tertiary/aromatic N) is 2. The molecule has 1 aliphatic heterocycles. The van der Waals surface area contributed by atoms with Crippen molar-refractivity contribution in [1.82, 2.24) is 5.06 Å². The average molecular weight is 438 g/mol. The lowest BCUT2D eigenvalue weighted by molar-refractivity contribution is -0.169. The van der Waals surface area contributed by atoms with Gasteiger partial charge in [-0.1, -0.05) is 5.16 Å². The van der Waals surface area contributed by atoms with Crippen LogP contribution in [0.3, 0.4) is 0 Å². The molecule has 1 aromatic rings. The second-order valence-electron chi connectivity index (χ2n) is 6.28. The van der Waals surface area contributed by atoms with Crippen LogP contribution in [0.25, 0.3) is 0 Å². The Morgan fingerprint density at radius 2 is 1.93 bits per heavy atom. The van der Waals surface area contributed by atoms with Crippen molar-refractivity contribution in [2.45, 2.75) is 18.7 Å². The fraction of sp³-hybridized carbons (Fsp3) is 0.368. The predicted octanol–water partition coefficient (Wildman–Crippen LogP) is 1.08. The molecule has 0 saturated heterocycles. The molecule has 1 heterocycles. The average Bonchev–Trinajstić information content (AvgIpc) is 2.67. The Bertz CT molecular complexity index is 1040. The molecule has 0 aromatic heterocycles. The summed E-state index contributed by atoms with van der Waals surface area (Å²) < 4.78 is 29.1. The van der Waals surface area contributed by atoms with Gasteiger partial charge < -0.3 is 9.57 Å². The van der Waals surface area contributed by atoms with Gasteiger partial charge in [0, 0.05) is 23.5 Å². The Morgan fingerprint density at radius 1 is 1.27 bits per heavy atom. The molecule has 2 rings (SSSR count). The van der Waals surface area contributed by atoms with Gasteiger partial charge in [0.05, 0.1) is 26.1 Å². The normalized spacial score (nSPS) is 17.3. The summed E-state index contributed by atoms with van der Waals surface area (Å²) in [6.07, 6.45) is 3.18. The molecule has 1 aromatic carbocycles. The first kappa shape index (κ1) is 23.2. The molecule has 11 heteroatoms. The van der Waals surface area contributed by atoms with Crippen molar-refractivity contribution in [3.8, 4) is 5.75 Å². The van der Waals surface area contributed by atoms with Gasteiger partial charge in [-0.2, -0.15) is 5.06 Å². The molecular formula is C19H22N2O8S. The maximum absolute atomic E-state index is 13.1. The molecule has 1 aliphatic rings. The van der Waals surface area contributed by atoms with E-state index in [9.17, 15) is 22.8 Å². The van der Waals surface area contributed by atoms with Gasteiger partial charge in [-0.05, 0) is 26.0 Å². The SMILES string of the molecule is CCO/N=C/C1=CC(=O)C(C(=O)c2ccc(S(C)(=O)=O)c(OC)c2C)C(=O)N1OC. The van der Waals surface area contributed by atoms with E-state index in [0.29, 0.717) is 0 Å². The lowest BCUT2D eigenvalue weighted by atomic mass is 9.88. The highest BCUT2D eigenvalue weighted by Crippen LogP contribution is 2.32. The largest absolute Gasteiger partial charge is 0.495 e. The summed E-state index contributed by atoms with van der Waals surface area (Å²) in [5.74, 6) is -4.19. The van der Waals surface area contributed by atoms with Gasteiger partial charge >= 0.3 is 0 Å². The zero-order valence-corrected chi connectivity index (χ0v) is 18.0. The number of ether oxygens (including phenoxy) is 1. The molecule has 0 bridgehead atoms. The minimum atomic E-state index is -3.62. The van der Waals surface area contributed by atoms with Crippen LogP contribution in [0, 0.1) is 12.8 Å². The van der Waals surface area contributed by atoms with Crippen LogP contribution in [0.4, 0.5) is 0 Å². The molecule has 30 heavy (non-hydrogen) atoms. The maximum atomic E-state index is 13.1. The number of allylic oxidation sites excluding steroid dienone is 2. The number of benzene rings is 1. The Labute approximate surface area is 173 Å². The fourth-order valence-electron chi connectivity index (χ4n) is 2.98. The second kappa shape index (κ2) is 9.18. The Kier molecular flexibility index (Phi) is 7.11. The van der Waals surface area contributed by atoms with E-state index in [-0.39, 0.29) is 34.1 Å². The number of sulfone groups is 1. The molecular weight excluding hydrogens is 416 g/mol. The van der Waals surface area contributed by atoms with Crippen molar-refractivity contribution < 1.29 is 37.2 Å². The van der Waals surface area contributed by atoms with Crippen LogP contribution in [0.2, 0.25) is 0 Å². The van der Waals surface area contributed by atoms with Gasteiger partial charge in [-0.3, -0.25) is 19.2 Å². The van der Waals surface area contributed by atoms with E-state index in [1.807, 2.05) is 0 Å². The first-order valence-corrected chi connectivity index (χ1v) is 10.7. The van der Waals surface area contributed by atoms with Crippen molar-refractivity contribution in [3.05, 3.63) is 35.0 Å². The summed E-state index contributed by atoms with van der Waals surface area (Å²) in [5.41, 5.74) is 0.191. The van der Waals surface area contributed by atoms with Crippen molar-refractivity contribution in [3.63, 3.8) is 0 Å². The number of hydrogen-bond acceptors (Lipinski definition) is 9. The number of Topliss-reactive ketones (excluding diaryl/α,β-unsaturated/α-hetero) is 1. The van der Waals surface area contributed by atoms with Crippen molar-refractivity contribution in [1.29, 1.82) is 0 Å². The third-order valence-corrected chi connectivity index (χ3v) is 5.45. The van der Waals surface area contributed by atoms with Gasteiger partial charge in [0.25, 0.3) is 5.91 Å². The lowest BCUT2D eigenvalue weighted by Crippen LogP contribution is -2.46. The molecule has 1 unspecified atom stereocenters. The van der Waals surface area contributed by atoms with Crippen molar-refractivity contribution in [2.75, 3.05) is 27.1 Å². The highest BCUT2D eigenvalue weighted by atomic mass is 32.2. The van der Waals surface area contributed by atoms with Crippen LogP contribution < -0.4 is 4.74 Å². The summed E-state index contributed by atoms with van der Waals surface area (Å²) in [6, 6.07) is 2.46. The Hall–Kier alpha value is -3.05. The molecule has 10 nitrogen and oxygen atoms in total. The summed E-state index contributed by atoms with van der Waals surface area (Å²) >= 11 is 0. The van der Waals surface area contributed by atoms with E-state index < -0.39 is 33.2 Å². The highest BCUT2D eigenvalue weighted by Gasteiger charge is 2.42. The van der Waals surface area contributed by atoms with Gasteiger partial charge in [0.2, 0.25) is 0 Å². The van der Waals surface area contributed by atoms with Crippen LogP contribution in [0.15, 0.2) is 34.0 Å². The fourth-order valence-corrected chi connectivity index (χ4v) is 3.87. The van der Waals surface area contributed by atoms with Crippen LogP contribution in [-0.4, -0.2) is 64.3 Å². The molecule has 162 valence electrons. The number of carbonyl (C=O) groups is 3. The smallest absolute Gasteiger partial charge is 0.269 e. The molecule has 1 amide bonds. The van der Waals surface area contributed by atoms with E-state index in [1.54, 1.807) is 6.92 Å². The number of carbonyl (C=O) groups excluding carboxylic acids is 3. The summed E-state index contributed by atoms with van der Waals surface area (Å²) in [4.78, 5) is 48.2. The van der Waals surface area contributed by atoms with Crippen LogP contribution in [0.5, 0.6) is 5.75 Å². The molecule has 0 spiro atoms. The monoisotopic (exact) mass is 438 g/mol. The van der Waals surface area contributed by atoms with Crippen molar-refractivity contribution >= 4 is 33.5 Å². The summed E-state index contributed by atoms with van der Waals surface area (Å²) in [7, 11) is -1.16. The van der Waals surface area contributed by atoms with E-state index in [0.717, 1.165) is 23.6 Å². The Balaban J connectivity index is 2.51. The maximum Gasteiger partial charge on any atom is 0.269 e. The first-order valence-electron chi connectivity index (χ1n) is 8.79. The number of amides is 1. The second-order valence-corrected chi connectivity index (χ2v) is 8.26. The topological polar surface area (TPSA) is 129 Å². The molecule has 0 N–H and O–H groups in total. The zero-order chi connectivity index (χ0) is 22.6. The van der Waals surface area contributed by atoms with Crippen LogP contribution in [0.1, 0.15) is 22.8 Å². The standard InChI is InChI=1S/C19H22N2O8S/c1-6-29-20-10-12-9-14(22)16(19(24)21(12)28-4)17(23)13-7-8-15(30(5,25)26)18(27-3)11(13)2/h7-10,16H,6H2,1-5H3/b20-10+. The predicted molar refractivity (Wildman–Crippen MR) is 106 cm³/mol. The van der Waals surface area contributed by atoms with Gasteiger partial charge in [0.1, 0.15) is 17.3 Å². The molecule has 1 atom stereocenters. The van der Waals surface area contributed by atoms with Crippen molar-refractivity contribution in [2.24, 2.45) is 11.1 Å². The molecule has 0 radical (unpaired) electrons. The highest BCUT2D eigenvalue weighted by molar-refractivity contribution is 7.90. The molecule has 0 fully saturated rings. The van der Waals surface area contributed by atoms with Gasteiger partial charge in [-0.25, -0.2) is 8.42 Å². The Morgan fingerprint density at radius 3 is 2.47 bits per heavy atom. The third-order valence-electron chi connectivity index (χ3n) is 4.33. The van der Waals surface area contributed by atoms with E-state index in [2.05, 4.69) is 5.16 Å². The lowest BCUT2D eigenvalue weighted by Gasteiger charge is -2.28. The van der Waals surface area contributed by atoms with E-state index in [1.165, 1.54) is 33.3 Å². The number of methoxy groups -OCH3 is 1. The van der Waals surface area contributed by atoms with Crippen LogP contribution >= 0.6 is 0 Å².